The SMILES string of the molecule is CCC(OC)C(=O)Nc1ccc(OCCCC(=O)O)cc1. The highest BCUT2D eigenvalue weighted by atomic mass is 16.5. The second-order valence-electron chi connectivity index (χ2n) is 4.49. The standard InChI is InChI=1S/C15H21NO5/c1-3-13(20-2)15(19)16-11-6-8-12(9-7-11)21-10-4-5-14(17)18/h6-9,13H,3-5,10H2,1-2H3,(H,16,19)(H,17,18). The lowest BCUT2D eigenvalue weighted by molar-refractivity contribution is -0.137. The first-order valence-electron chi connectivity index (χ1n) is 6.85. The average molecular weight is 295 g/mol. The van der Waals surface area contributed by atoms with Gasteiger partial charge in [-0.2, -0.15) is 0 Å². The van der Waals surface area contributed by atoms with Crippen LogP contribution in [0.3, 0.4) is 0 Å². The van der Waals surface area contributed by atoms with Gasteiger partial charge in [0, 0.05) is 19.2 Å². The quantitative estimate of drug-likeness (QED) is 0.683. The summed E-state index contributed by atoms with van der Waals surface area (Å²) in [4.78, 5) is 22.2. The number of anilines is 1. The molecule has 0 aliphatic rings. The van der Waals surface area contributed by atoms with Crippen molar-refractivity contribution >= 4 is 17.6 Å². The zero-order valence-electron chi connectivity index (χ0n) is 12.3. The maximum absolute atomic E-state index is 11.8. The van der Waals surface area contributed by atoms with Crippen LogP contribution in [-0.2, 0) is 14.3 Å². The number of aliphatic carboxylic acids is 1. The number of methoxy groups -OCH3 is 1. The topological polar surface area (TPSA) is 84.9 Å². The minimum atomic E-state index is -0.833. The van der Waals surface area contributed by atoms with E-state index in [0.29, 0.717) is 30.9 Å². The number of benzene rings is 1. The summed E-state index contributed by atoms with van der Waals surface area (Å²) >= 11 is 0. The van der Waals surface area contributed by atoms with Crippen molar-refractivity contribution < 1.29 is 24.2 Å². The smallest absolute Gasteiger partial charge is 0.303 e. The van der Waals surface area contributed by atoms with E-state index in [1.165, 1.54) is 7.11 Å². The van der Waals surface area contributed by atoms with Gasteiger partial charge in [0.2, 0.25) is 0 Å². The first kappa shape index (κ1) is 17.0. The van der Waals surface area contributed by atoms with Gasteiger partial charge in [0.05, 0.1) is 6.61 Å². The zero-order chi connectivity index (χ0) is 15.7. The van der Waals surface area contributed by atoms with Crippen molar-refractivity contribution in [2.75, 3.05) is 19.0 Å². The molecule has 0 saturated carbocycles. The summed E-state index contributed by atoms with van der Waals surface area (Å²) < 4.78 is 10.5. The van der Waals surface area contributed by atoms with Gasteiger partial charge in [-0.3, -0.25) is 9.59 Å². The summed E-state index contributed by atoms with van der Waals surface area (Å²) in [6.45, 7) is 2.22. The summed E-state index contributed by atoms with van der Waals surface area (Å²) in [6.07, 6.45) is 0.688. The van der Waals surface area contributed by atoms with Gasteiger partial charge in [-0.05, 0) is 37.1 Å². The number of hydrogen-bond acceptors (Lipinski definition) is 4. The predicted octanol–water partition coefficient (Wildman–Crippen LogP) is 2.29. The van der Waals surface area contributed by atoms with Crippen molar-refractivity contribution in [2.45, 2.75) is 32.3 Å². The number of amides is 1. The molecule has 1 amide bonds. The van der Waals surface area contributed by atoms with Crippen LogP contribution in [0, 0.1) is 0 Å². The van der Waals surface area contributed by atoms with Crippen molar-refractivity contribution in [1.29, 1.82) is 0 Å². The van der Waals surface area contributed by atoms with Crippen LogP contribution in [-0.4, -0.2) is 36.8 Å². The number of carboxylic acids is 1. The van der Waals surface area contributed by atoms with Gasteiger partial charge >= 0.3 is 5.97 Å². The lowest BCUT2D eigenvalue weighted by Crippen LogP contribution is -2.28. The fraction of sp³-hybridized carbons (Fsp3) is 0.467. The Balaban J connectivity index is 2.43. The fourth-order valence-corrected chi connectivity index (χ4v) is 1.73. The van der Waals surface area contributed by atoms with Gasteiger partial charge in [0.1, 0.15) is 11.9 Å². The molecular weight excluding hydrogens is 274 g/mol. The van der Waals surface area contributed by atoms with E-state index in [0.717, 1.165) is 0 Å². The molecule has 1 aromatic carbocycles. The molecule has 0 fully saturated rings. The molecule has 0 aromatic heterocycles. The first-order chi connectivity index (χ1) is 10.1. The van der Waals surface area contributed by atoms with Crippen LogP contribution in [0.25, 0.3) is 0 Å². The van der Waals surface area contributed by atoms with Crippen molar-refractivity contribution in [1.82, 2.24) is 0 Å². The third kappa shape index (κ3) is 6.27. The number of nitrogens with one attached hydrogen (secondary N) is 1. The molecule has 6 heteroatoms. The molecule has 1 rings (SSSR count). The number of ether oxygens (including phenoxy) is 2. The highest BCUT2D eigenvalue weighted by Crippen LogP contribution is 2.16. The Morgan fingerprint density at radius 2 is 1.95 bits per heavy atom. The van der Waals surface area contributed by atoms with E-state index < -0.39 is 12.1 Å². The second kappa shape index (κ2) is 8.97. The predicted molar refractivity (Wildman–Crippen MR) is 78.5 cm³/mol. The van der Waals surface area contributed by atoms with Crippen LogP contribution in [0.5, 0.6) is 5.75 Å². The number of carbonyl (C=O) groups is 2. The van der Waals surface area contributed by atoms with Crippen LogP contribution < -0.4 is 10.1 Å². The second-order valence-corrected chi connectivity index (χ2v) is 4.49. The maximum Gasteiger partial charge on any atom is 0.303 e. The van der Waals surface area contributed by atoms with Gasteiger partial charge in [0.15, 0.2) is 0 Å². The molecule has 21 heavy (non-hydrogen) atoms. The number of carbonyl (C=O) groups excluding carboxylic acids is 1. The molecule has 6 nitrogen and oxygen atoms in total. The Kier molecular flexibility index (Phi) is 7.25. The van der Waals surface area contributed by atoms with Gasteiger partial charge in [-0.25, -0.2) is 0 Å². The van der Waals surface area contributed by atoms with E-state index in [9.17, 15) is 9.59 Å². The maximum atomic E-state index is 11.8. The Morgan fingerprint density at radius 3 is 2.48 bits per heavy atom. The number of carboxylic acid groups (broad SMARTS) is 1. The van der Waals surface area contributed by atoms with Crippen LogP contribution in [0.1, 0.15) is 26.2 Å². The molecule has 0 spiro atoms. The van der Waals surface area contributed by atoms with Crippen LogP contribution in [0.2, 0.25) is 0 Å². The molecule has 0 saturated heterocycles. The van der Waals surface area contributed by atoms with Crippen molar-refractivity contribution in [2.24, 2.45) is 0 Å². The van der Waals surface area contributed by atoms with E-state index in [2.05, 4.69) is 5.32 Å². The summed E-state index contributed by atoms with van der Waals surface area (Å²) in [6, 6.07) is 6.91. The van der Waals surface area contributed by atoms with Gasteiger partial charge < -0.3 is 19.9 Å². The van der Waals surface area contributed by atoms with E-state index in [1.54, 1.807) is 24.3 Å². The third-order valence-electron chi connectivity index (χ3n) is 2.87. The Bertz CT molecular complexity index is 454. The van der Waals surface area contributed by atoms with Crippen LogP contribution in [0.15, 0.2) is 24.3 Å². The van der Waals surface area contributed by atoms with E-state index in [-0.39, 0.29) is 12.3 Å². The normalized spacial score (nSPS) is 11.7. The zero-order valence-corrected chi connectivity index (χ0v) is 12.3. The largest absolute Gasteiger partial charge is 0.494 e. The van der Waals surface area contributed by atoms with Crippen molar-refractivity contribution in [3.8, 4) is 5.75 Å². The summed E-state index contributed by atoms with van der Waals surface area (Å²) in [5, 5.41) is 11.3. The molecular formula is C15H21NO5. The number of rotatable bonds is 9. The molecule has 116 valence electrons. The van der Waals surface area contributed by atoms with Crippen molar-refractivity contribution in [3.63, 3.8) is 0 Å². The lowest BCUT2D eigenvalue weighted by atomic mass is 10.2. The van der Waals surface area contributed by atoms with Crippen LogP contribution in [0.4, 0.5) is 5.69 Å². The summed E-state index contributed by atoms with van der Waals surface area (Å²) in [5.41, 5.74) is 0.661. The molecule has 0 radical (unpaired) electrons. The summed E-state index contributed by atoms with van der Waals surface area (Å²) in [5.74, 6) is -0.382. The Morgan fingerprint density at radius 1 is 1.29 bits per heavy atom. The fourth-order valence-electron chi connectivity index (χ4n) is 1.73. The average Bonchev–Trinajstić information content (AvgIpc) is 2.46. The molecule has 2 N–H and O–H groups in total. The van der Waals surface area contributed by atoms with Gasteiger partial charge in [-0.1, -0.05) is 6.92 Å². The molecule has 1 atom stereocenters. The van der Waals surface area contributed by atoms with Crippen LogP contribution >= 0.6 is 0 Å². The minimum absolute atomic E-state index is 0.0869. The van der Waals surface area contributed by atoms with E-state index in [1.807, 2.05) is 6.92 Å². The minimum Gasteiger partial charge on any atom is -0.494 e. The van der Waals surface area contributed by atoms with E-state index >= 15 is 0 Å². The highest BCUT2D eigenvalue weighted by Gasteiger charge is 2.15. The Hall–Kier alpha value is -2.08. The van der Waals surface area contributed by atoms with Gasteiger partial charge in [0.25, 0.3) is 5.91 Å². The molecule has 0 aliphatic carbocycles. The third-order valence-corrected chi connectivity index (χ3v) is 2.87. The Labute approximate surface area is 124 Å². The molecule has 1 unspecified atom stereocenters. The monoisotopic (exact) mass is 295 g/mol. The first-order valence-corrected chi connectivity index (χ1v) is 6.85. The summed E-state index contributed by atoms with van der Waals surface area (Å²) in [7, 11) is 1.50. The number of hydrogen-bond donors (Lipinski definition) is 2. The molecule has 0 heterocycles. The molecule has 0 bridgehead atoms. The van der Waals surface area contributed by atoms with Crippen molar-refractivity contribution in [3.05, 3.63) is 24.3 Å². The molecule has 1 aromatic rings. The molecule has 0 aliphatic heterocycles. The lowest BCUT2D eigenvalue weighted by Gasteiger charge is -2.13. The highest BCUT2D eigenvalue weighted by molar-refractivity contribution is 5.94. The van der Waals surface area contributed by atoms with E-state index in [4.69, 9.17) is 14.6 Å². The van der Waals surface area contributed by atoms with Gasteiger partial charge in [-0.15, -0.1) is 0 Å².